The van der Waals surface area contributed by atoms with Gasteiger partial charge in [0.25, 0.3) is 0 Å². The van der Waals surface area contributed by atoms with E-state index in [9.17, 15) is 5.11 Å². The molecule has 1 unspecified atom stereocenters. The van der Waals surface area contributed by atoms with Crippen molar-refractivity contribution in [1.29, 1.82) is 0 Å². The molecule has 15 heavy (non-hydrogen) atoms. The molecule has 0 amide bonds. The van der Waals surface area contributed by atoms with E-state index in [1.807, 2.05) is 19.1 Å². The summed E-state index contributed by atoms with van der Waals surface area (Å²) >= 11 is 0. The standard InChI is InChI=1S/C12H17NO2/c1-2-13-8-11(14)10-5-3-4-9-6-7-15-12(9)10/h3-5,11,13-14H,2,6-8H2,1H3. The van der Waals surface area contributed by atoms with Crippen LogP contribution in [0.4, 0.5) is 0 Å². The largest absolute Gasteiger partial charge is 0.493 e. The Balaban J connectivity index is 2.17. The summed E-state index contributed by atoms with van der Waals surface area (Å²) in [6.45, 7) is 4.21. The fourth-order valence-corrected chi connectivity index (χ4v) is 1.89. The first kappa shape index (κ1) is 10.5. The maximum absolute atomic E-state index is 9.97. The highest BCUT2D eigenvalue weighted by Gasteiger charge is 2.19. The first-order valence-corrected chi connectivity index (χ1v) is 5.46. The highest BCUT2D eigenvalue weighted by Crippen LogP contribution is 2.33. The first-order valence-electron chi connectivity index (χ1n) is 5.46. The van der Waals surface area contributed by atoms with Crippen LogP contribution in [-0.4, -0.2) is 24.8 Å². The molecule has 82 valence electrons. The van der Waals surface area contributed by atoms with Crippen molar-refractivity contribution >= 4 is 0 Å². The fraction of sp³-hybridized carbons (Fsp3) is 0.500. The molecule has 0 aromatic heterocycles. The van der Waals surface area contributed by atoms with E-state index in [2.05, 4.69) is 11.4 Å². The Hall–Kier alpha value is -1.06. The van der Waals surface area contributed by atoms with Crippen LogP contribution in [0.1, 0.15) is 24.2 Å². The van der Waals surface area contributed by atoms with Gasteiger partial charge in [0.15, 0.2) is 0 Å². The second kappa shape index (κ2) is 4.64. The van der Waals surface area contributed by atoms with Gasteiger partial charge in [-0.15, -0.1) is 0 Å². The van der Waals surface area contributed by atoms with E-state index in [4.69, 9.17) is 4.74 Å². The molecule has 0 saturated carbocycles. The number of rotatable bonds is 4. The number of fused-ring (bicyclic) bond motifs is 1. The highest BCUT2D eigenvalue weighted by atomic mass is 16.5. The second-order valence-electron chi connectivity index (χ2n) is 3.76. The van der Waals surface area contributed by atoms with Crippen LogP contribution in [0.3, 0.4) is 0 Å². The highest BCUT2D eigenvalue weighted by molar-refractivity contribution is 5.45. The molecule has 2 N–H and O–H groups in total. The van der Waals surface area contributed by atoms with E-state index < -0.39 is 6.10 Å². The maximum Gasteiger partial charge on any atom is 0.128 e. The second-order valence-corrected chi connectivity index (χ2v) is 3.76. The summed E-state index contributed by atoms with van der Waals surface area (Å²) in [5.74, 6) is 0.892. The molecular formula is C12H17NO2. The Kier molecular flexibility index (Phi) is 3.23. The molecular weight excluding hydrogens is 190 g/mol. The van der Waals surface area contributed by atoms with Crippen molar-refractivity contribution < 1.29 is 9.84 Å². The van der Waals surface area contributed by atoms with Crippen LogP contribution in [0.5, 0.6) is 5.75 Å². The van der Waals surface area contributed by atoms with Gasteiger partial charge in [-0.25, -0.2) is 0 Å². The molecule has 1 aliphatic rings. The summed E-state index contributed by atoms with van der Waals surface area (Å²) in [6, 6.07) is 5.98. The molecule has 2 rings (SSSR count). The lowest BCUT2D eigenvalue weighted by Crippen LogP contribution is -2.21. The minimum atomic E-state index is -0.474. The van der Waals surface area contributed by atoms with Crippen LogP contribution in [0.2, 0.25) is 0 Å². The number of hydrogen-bond donors (Lipinski definition) is 2. The van der Waals surface area contributed by atoms with Crippen LogP contribution < -0.4 is 10.1 Å². The van der Waals surface area contributed by atoms with Gasteiger partial charge in [-0.1, -0.05) is 25.1 Å². The molecule has 3 nitrogen and oxygen atoms in total. The molecule has 1 heterocycles. The smallest absolute Gasteiger partial charge is 0.128 e. The number of hydrogen-bond acceptors (Lipinski definition) is 3. The summed E-state index contributed by atoms with van der Waals surface area (Å²) in [5.41, 5.74) is 2.12. The Morgan fingerprint density at radius 1 is 1.53 bits per heavy atom. The molecule has 1 aromatic carbocycles. The number of likely N-dealkylation sites (N-methyl/N-ethyl adjacent to an activating group) is 1. The van der Waals surface area contributed by atoms with Crippen molar-refractivity contribution in [3.05, 3.63) is 29.3 Å². The topological polar surface area (TPSA) is 41.5 Å². The Labute approximate surface area is 90.1 Å². The lowest BCUT2D eigenvalue weighted by molar-refractivity contribution is 0.171. The lowest BCUT2D eigenvalue weighted by Gasteiger charge is -2.14. The molecule has 3 heteroatoms. The van der Waals surface area contributed by atoms with Crippen LogP contribution in [0.25, 0.3) is 0 Å². The monoisotopic (exact) mass is 207 g/mol. The summed E-state index contributed by atoms with van der Waals surface area (Å²) in [6.07, 6.45) is 0.481. The number of para-hydroxylation sites is 1. The van der Waals surface area contributed by atoms with Gasteiger partial charge < -0.3 is 15.2 Å². The third-order valence-corrected chi connectivity index (χ3v) is 2.69. The van der Waals surface area contributed by atoms with Gasteiger partial charge in [-0.2, -0.15) is 0 Å². The number of ether oxygens (including phenoxy) is 1. The average Bonchev–Trinajstić information content (AvgIpc) is 2.73. The van der Waals surface area contributed by atoms with Crippen molar-refractivity contribution in [3.8, 4) is 5.75 Å². The third-order valence-electron chi connectivity index (χ3n) is 2.69. The molecule has 1 aliphatic heterocycles. The zero-order valence-electron chi connectivity index (χ0n) is 8.99. The average molecular weight is 207 g/mol. The van der Waals surface area contributed by atoms with Crippen LogP contribution in [-0.2, 0) is 6.42 Å². The van der Waals surface area contributed by atoms with Gasteiger partial charge in [0.1, 0.15) is 5.75 Å². The molecule has 0 radical (unpaired) electrons. The third kappa shape index (κ3) is 2.13. The number of nitrogens with one attached hydrogen (secondary N) is 1. The summed E-state index contributed by atoms with van der Waals surface area (Å²) in [4.78, 5) is 0. The predicted molar refractivity (Wildman–Crippen MR) is 59.1 cm³/mol. The first-order chi connectivity index (χ1) is 7.33. The molecule has 1 aromatic rings. The Morgan fingerprint density at radius 3 is 3.20 bits per heavy atom. The Morgan fingerprint density at radius 2 is 2.40 bits per heavy atom. The van der Waals surface area contributed by atoms with Gasteiger partial charge in [0, 0.05) is 18.5 Å². The minimum Gasteiger partial charge on any atom is -0.493 e. The molecule has 0 fully saturated rings. The zero-order valence-corrected chi connectivity index (χ0v) is 8.99. The SMILES string of the molecule is CCNCC(O)c1cccc2c1OCC2. The van der Waals surface area contributed by atoms with E-state index in [1.165, 1.54) is 5.56 Å². The normalized spacial score (nSPS) is 15.9. The van der Waals surface area contributed by atoms with Gasteiger partial charge in [-0.3, -0.25) is 0 Å². The van der Waals surface area contributed by atoms with E-state index in [-0.39, 0.29) is 0 Å². The molecule has 0 aliphatic carbocycles. The van der Waals surface area contributed by atoms with Crippen LogP contribution >= 0.6 is 0 Å². The molecule has 0 spiro atoms. The summed E-state index contributed by atoms with van der Waals surface area (Å²) < 4.78 is 5.54. The molecule has 0 saturated heterocycles. The number of benzene rings is 1. The van der Waals surface area contributed by atoms with Crippen molar-refractivity contribution in [2.24, 2.45) is 0 Å². The summed E-state index contributed by atoms with van der Waals surface area (Å²) in [7, 11) is 0. The molecule has 0 bridgehead atoms. The zero-order chi connectivity index (χ0) is 10.7. The van der Waals surface area contributed by atoms with E-state index >= 15 is 0 Å². The van der Waals surface area contributed by atoms with E-state index in [0.717, 1.165) is 30.9 Å². The van der Waals surface area contributed by atoms with Gasteiger partial charge in [0.05, 0.1) is 12.7 Å². The van der Waals surface area contributed by atoms with E-state index in [0.29, 0.717) is 6.54 Å². The van der Waals surface area contributed by atoms with Crippen LogP contribution in [0.15, 0.2) is 18.2 Å². The van der Waals surface area contributed by atoms with Gasteiger partial charge in [-0.05, 0) is 12.1 Å². The number of aliphatic hydroxyl groups excluding tert-OH is 1. The number of aliphatic hydroxyl groups is 1. The van der Waals surface area contributed by atoms with E-state index in [1.54, 1.807) is 0 Å². The fourth-order valence-electron chi connectivity index (χ4n) is 1.89. The maximum atomic E-state index is 9.97. The summed E-state index contributed by atoms with van der Waals surface area (Å²) in [5, 5.41) is 13.1. The van der Waals surface area contributed by atoms with Crippen molar-refractivity contribution in [3.63, 3.8) is 0 Å². The van der Waals surface area contributed by atoms with Crippen molar-refractivity contribution in [2.75, 3.05) is 19.7 Å². The van der Waals surface area contributed by atoms with Crippen LogP contribution in [0, 0.1) is 0 Å². The molecule has 1 atom stereocenters. The van der Waals surface area contributed by atoms with Gasteiger partial charge >= 0.3 is 0 Å². The van der Waals surface area contributed by atoms with Gasteiger partial charge in [0.2, 0.25) is 0 Å². The lowest BCUT2D eigenvalue weighted by atomic mass is 10.0. The Bertz CT molecular complexity index is 338. The van der Waals surface area contributed by atoms with Crippen molar-refractivity contribution in [1.82, 2.24) is 5.32 Å². The predicted octanol–water partition coefficient (Wildman–Crippen LogP) is 1.26. The minimum absolute atomic E-state index is 0.474. The quantitative estimate of drug-likeness (QED) is 0.781. The van der Waals surface area contributed by atoms with Crippen molar-refractivity contribution in [2.45, 2.75) is 19.4 Å².